The van der Waals surface area contributed by atoms with Crippen LogP contribution in [-0.4, -0.2) is 22.7 Å². The molecule has 0 bridgehead atoms. The van der Waals surface area contributed by atoms with Crippen molar-refractivity contribution in [3.05, 3.63) is 39.3 Å². The summed E-state index contributed by atoms with van der Waals surface area (Å²) in [6.45, 7) is 4.57. The lowest BCUT2D eigenvalue weighted by atomic mass is 10.2. The zero-order valence-corrected chi connectivity index (χ0v) is 15.4. The van der Waals surface area contributed by atoms with Gasteiger partial charge >= 0.3 is 0 Å². The second-order valence-corrected chi connectivity index (χ2v) is 6.67. The van der Waals surface area contributed by atoms with E-state index in [0.29, 0.717) is 11.7 Å². The number of hydrogen-bond donors (Lipinski definition) is 1. The molecule has 1 aromatic carbocycles. The number of nitrogens with zero attached hydrogens (tertiary/aromatic N) is 2. The van der Waals surface area contributed by atoms with Gasteiger partial charge < -0.3 is 4.74 Å². The highest BCUT2D eigenvalue weighted by atomic mass is 79.9. The molecule has 122 valence electrons. The normalized spacial score (nSPS) is 10.9. The van der Waals surface area contributed by atoms with Gasteiger partial charge in [0, 0.05) is 22.5 Å². The van der Waals surface area contributed by atoms with Crippen LogP contribution < -0.4 is 10.1 Å². The maximum Gasteiger partial charge on any atom is 0.250 e. The molecule has 0 aliphatic carbocycles. The third-order valence-corrected chi connectivity index (χ3v) is 4.24. The van der Waals surface area contributed by atoms with Crippen molar-refractivity contribution in [2.75, 3.05) is 11.9 Å². The summed E-state index contributed by atoms with van der Waals surface area (Å²) in [4.78, 5) is 12.0. The number of aromatic nitrogens is 2. The molecule has 7 heteroatoms. The minimum atomic E-state index is -0.244. The number of hydrogen-bond acceptors (Lipinski definition) is 5. The largest absolute Gasteiger partial charge is 0.493 e. The first kappa shape index (κ1) is 17.6. The quantitative estimate of drug-likeness (QED) is 0.709. The van der Waals surface area contributed by atoms with Gasteiger partial charge in [-0.1, -0.05) is 34.2 Å². The van der Waals surface area contributed by atoms with Crippen molar-refractivity contribution >= 4 is 44.4 Å². The average molecular weight is 396 g/mol. The Kier molecular flexibility index (Phi) is 6.73. The lowest BCUT2D eigenvalue weighted by Crippen LogP contribution is -2.07. The van der Waals surface area contributed by atoms with Crippen molar-refractivity contribution in [2.45, 2.75) is 26.7 Å². The molecular weight excluding hydrogens is 378 g/mol. The van der Waals surface area contributed by atoms with E-state index < -0.39 is 0 Å². The minimum Gasteiger partial charge on any atom is -0.493 e. The van der Waals surface area contributed by atoms with Crippen LogP contribution in [0.2, 0.25) is 0 Å². The number of benzene rings is 1. The first-order valence-corrected chi connectivity index (χ1v) is 8.97. The Morgan fingerprint density at radius 1 is 1.39 bits per heavy atom. The van der Waals surface area contributed by atoms with E-state index in [1.807, 2.05) is 25.1 Å². The third kappa shape index (κ3) is 5.44. The first-order valence-electron chi connectivity index (χ1n) is 7.36. The summed E-state index contributed by atoms with van der Waals surface area (Å²) in [5.74, 6) is 0.493. The van der Waals surface area contributed by atoms with Gasteiger partial charge in [0.25, 0.3) is 0 Å². The van der Waals surface area contributed by atoms with Gasteiger partial charge in [0.15, 0.2) is 0 Å². The molecule has 0 saturated heterocycles. The number of anilines is 1. The molecule has 0 aliphatic rings. The van der Waals surface area contributed by atoms with Crippen LogP contribution in [0.15, 0.2) is 28.7 Å². The number of ether oxygens (including phenoxy) is 1. The van der Waals surface area contributed by atoms with Crippen LogP contribution in [0.4, 0.5) is 5.13 Å². The Morgan fingerprint density at radius 2 is 2.22 bits per heavy atom. The molecule has 1 amide bonds. The number of nitrogens with one attached hydrogen (secondary N) is 1. The fourth-order valence-electron chi connectivity index (χ4n) is 1.87. The van der Waals surface area contributed by atoms with Crippen molar-refractivity contribution < 1.29 is 9.53 Å². The predicted octanol–water partition coefficient (Wildman–Crippen LogP) is 4.30. The smallest absolute Gasteiger partial charge is 0.250 e. The van der Waals surface area contributed by atoms with Gasteiger partial charge in [-0.2, -0.15) is 0 Å². The van der Waals surface area contributed by atoms with Crippen LogP contribution >= 0.6 is 27.3 Å². The first-order chi connectivity index (χ1) is 11.1. The maximum atomic E-state index is 12.0. The van der Waals surface area contributed by atoms with E-state index in [1.165, 1.54) is 17.4 Å². The van der Waals surface area contributed by atoms with Gasteiger partial charge in [-0.15, -0.1) is 10.2 Å². The molecule has 0 saturated carbocycles. The van der Waals surface area contributed by atoms with Crippen LogP contribution in [0.3, 0.4) is 0 Å². The summed E-state index contributed by atoms with van der Waals surface area (Å²) in [7, 11) is 0. The summed E-state index contributed by atoms with van der Waals surface area (Å²) in [5, 5.41) is 12.2. The van der Waals surface area contributed by atoms with Crippen LogP contribution in [0.1, 0.15) is 30.8 Å². The molecule has 0 radical (unpaired) electrons. The highest BCUT2D eigenvalue weighted by molar-refractivity contribution is 9.10. The number of carbonyl (C=O) groups excluding carboxylic acids is 1. The summed E-state index contributed by atoms with van der Waals surface area (Å²) in [5.41, 5.74) is 0.834. The fourth-order valence-corrected chi connectivity index (χ4v) is 3.09. The number of amides is 1. The fraction of sp³-hybridized carbons (Fsp3) is 0.312. The zero-order valence-electron chi connectivity index (χ0n) is 13.0. The standard InChI is InChI=1S/C16H18BrN3O2S/c1-3-5-15-19-20-16(23-15)18-14(21)9-6-11-10-12(17)7-8-13(11)22-4-2/h6-10H,3-5H2,1-2H3,(H,18,20,21)/b9-6+. The maximum absolute atomic E-state index is 12.0. The minimum absolute atomic E-state index is 0.244. The third-order valence-electron chi connectivity index (χ3n) is 2.85. The molecule has 1 N–H and O–H groups in total. The van der Waals surface area contributed by atoms with E-state index in [4.69, 9.17) is 4.74 Å². The SMILES string of the molecule is CCCc1nnc(NC(=O)/C=C/c2cc(Br)ccc2OCC)s1. The molecule has 2 rings (SSSR count). The van der Waals surface area contributed by atoms with Crippen LogP contribution in [-0.2, 0) is 11.2 Å². The van der Waals surface area contributed by atoms with Crippen molar-refractivity contribution in [1.82, 2.24) is 10.2 Å². The van der Waals surface area contributed by atoms with Gasteiger partial charge in [0.2, 0.25) is 11.0 Å². The lowest BCUT2D eigenvalue weighted by molar-refractivity contribution is -0.111. The van der Waals surface area contributed by atoms with Gasteiger partial charge in [0.1, 0.15) is 10.8 Å². The second-order valence-electron chi connectivity index (χ2n) is 4.69. The van der Waals surface area contributed by atoms with E-state index in [9.17, 15) is 4.79 Å². The molecular formula is C16H18BrN3O2S. The van der Waals surface area contributed by atoms with E-state index in [1.54, 1.807) is 6.08 Å². The van der Waals surface area contributed by atoms with Crippen LogP contribution in [0, 0.1) is 0 Å². The summed E-state index contributed by atoms with van der Waals surface area (Å²) in [6, 6.07) is 5.67. The molecule has 0 fully saturated rings. The molecule has 0 spiro atoms. The Morgan fingerprint density at radius 3 is 2.96 bits per heavy atom. The van der Waals surface area contributed by atoms with Crippen molar-refractivity contribution in [3.8, 4) is 5.75 Å². The van der Waals surface area contributed by atoms with Gasteiger partial charge in [-0.3, -0.25) is 10.1 Å². The molecule has 0 unspecified atom stereocenters. The number of aryl methyl sites for hydroxylation is 1. The van der Waals surface area contributed by atoms with Crippen molar-refractivity contribution in [3.63, 3.8) is 0 Å². The predicted molar refractivity (Wildman–Crippen MR) is 96.9 cm³/mol. The monoisotopic (exact) mass is 395 g/mol. The zero-order chi connectivity index (χ0) is 16.7. The van der Waals surface area contributed by atoms with Crippen LogP contribution in [0.25, 0.3) is 6.08 Å². The topological polar surface area (TPSA) is 64.1 Å². The second kappa shape index (κ2) is 8.79. The van der Waals surface area contributed by atoms with Crippen molar-refractivity contribution in [2.24, 2.45) is 0 Å². The van der Waals surface area contributed by atoms with E-state index >= 15 is 0 Å². The molecule has 2 aromatic rings. The summed E-state index contributed by atoms with van der Waals surface area (Å²) < 4.78 is 6.47. The summed E-state index contributed by atoms with van der Waals surface area (Å²) >= 11 is 4.82. The lowest BCUT2D eigenvalue weighted by Gasteiger charge is -2.07. The highest BCUT2D eigenvalue weighted by Crippen LogP contribution is 2.24. The number of carbonyl (C=O) groups is 1. The Balaban J connectivity index is 2.04. The molecule has 0 aliphatic heterocycles. The highest BCUT2D eigenvalue weighted by Gasteiger charge is 2.06. The Hall–Kier alpha value is -1.73. The molecule has 1 aromatic heterocycles. The van der Waals surface area contributed by atoms with Crippen molar-refractivity contribution in [1.29, 1.82) is 0 Å². The van der Waals surface area contributed by atoms with Gasteiger partial charge in [0.05, 0.1) is 6.61 Å². The van der Waals surface area contributed by atoms with Gasteiger partial charge in [-0.25, -0.2) is 0 Å². The molecule has 23 heavy (non-hydrogen) atoms. The number of halogens is 1. The molecule has 5 nitrogen and oxygen atoms in total. The average Bonchev–Trinajstić information content (AvgIpc) is 2.95. The molecule has 0 atom stereocenters. The Bertz CT molecular complexity index is 700. The Labute approximate surface area is 147 Å². The van der Waals surface area contributed by atoms with E-state index in [2.05, 4.69) is 38.4 Å². The molecule has 1 heterocycles. The van der Waals surface area contributed by atoms with Gasteiger partial charge in [-0.05, 0) is 37.6 Å². The van der Waals surface area contributed by atoms with E-state index in [-0.39, 0.29) is 5.91 Å². The summed E-state index contributed by atoms with van der Waals surface area (Å²) in [6.07, 6.45) is 5.06. The van der Waals surface area contributed by atoms with Crippen LogP contribution in [0.5, 0.6) is 5.75 Å². The van der Waals surface area contributed by atoms with E-state index in [0.717, 1.165) is 33.6 Å². The number of rotatable bonds is 7.